The third-order valence-corrected chi connectivity index (χ3v) is 6.88. The van der Waals surface area contributed by atoms with Gasteiger partial charge in [-0.25, -0.2) is 13.8 Å². The smallest absolute Gasteiger partial charge is 0.266 e. The molecule has 0 radical (unpaired) electrons. The number of nitrogens with zero attached hydrogens (tertiary/aromatic N) is 3. The minimum absolute atomic E-state index is 0.0986. The highest BCUT2D eigenvalue weighted by Gasteiger charge is 2.35. The first-order valence-corrected chi connectivity index (χ1v) is 11.6. The molecular weight excluding hydrogens is 446 g/mol. The summed E-state index contributed by atoms with van der Waals surface area (Å²) in [4.78, 5) is 30.7. The van der Waals surface area contributed by atoms with Crippen molar-refractivity contribution in [2.24, 2.45) is 0 Å². The van der Waals surface area contributed by atoms with Crippen molar-refractivity contribution in [1.82, 2.24) is 14.9 Å². The van der Waals surface area contributed by atoms with Gasteiger partial charge >= 0.3 is 0 Å². The molecule has 2 aromatic carbocycles. The fourth-order valence-corrected chi connectivity index (χ4v) is 4.96. The topological polar surface area (TPSA) is 87.8 Å². The van der Waals surface area contributed by atoms with E-state index >= 15 is 0 Å². The van der Waals surface area contributed by atoms with Gasteiger partial charge in [0, 0.05) is 6.07 Å². The molecule has 1 saturated carbocycles. The quantitative estimate of drug-likeness (QED) is 0.440. The van der Waals surface area contributed by atoms with Crippen LogP contribution in [0.25, 0.3) is 16.6 Å². The highest BCUT2D eigenvalue weighted by molar-refractivity contribution is 8.00. The molecule has 170 valence electrons. The SMILES string of the molecule is C[C@@H](Sc1nc2ccccc2c(=O)n1-c1ccc(F)cc1F)C(=O)NC1(C#N)CCCCC1. The molecule has 0 aliphatic heterocycles. The normalized spacial score (nSPS) is 16.2. The lowest BCUT2D eigenvalue weighted by Gasteiger charge is -2.32. The second-order valence-electron chi connectivity index (χ2n) is 8.15. The Morgan fingerprint density at radius 1 is 1.21 bits per heavy atom. The number of thioether (sulfide) groups is 1. The molecule has 0 unspecified atom stereocenters. The van der Waals surface area contributed by atoms with Crippen LogP contribution in [0.4, 0.5) is 8.78 Å². The van der Waals surface area contributed by atoms with Gasteiger partial charge in [0.05, 0.1) is 27.9 Å². The molecule has 3 aromatic rings. The zero-order valence-electron chi connectivity index (χ0n) is 18.0. The van der Waals surface area contributed by atoms with E-state index in [9.17, 15) is 23.6 Å². The Labute approximate surface area is 193 Å². The van der Waals surface area contributed by atoms with Crippen LogP contribution in [0.5, 0.6) is 0 Å². The molecule has 1 aliphatic carbocycles. The van der Waals surface area contributed by atoms with E-state index in [2.05, 4.69) is 16.4 Å². The van der Waals surface area contributed by atoms with Gasteiger partial charge in [-0.15, -0.1) is 0 Å². The lowest BCUT2D eigenvalue weighted by molar-refractivity contribution is -0.121. The average molecular weight is 469 g/mol. The van der Waals surface area contributed by atoms with Gasteiger partial charge in [0.1, 0.15) is 17.2 Å². The first-order valence-electron chi connectivity index (χ1n) is 10.7. The van der Waals surface area contributed by atoms with Crippen molar-refractivity contribution in [2.75, 3.05) is 0 Å². The molecule has 0 bridgehead atoms. The number of carbonyl (C=O) groups excluding carboxylic acids is 1. The van der Waals surface area contributed by atoms with Crippen molar-refractivity contribution in [2.45, 2.75) is 55.0 Å². The monoisotopic (exact) mass is 468 g/mol. The number of hydrogen-bond donors (Lipinski definition) is 1. The number of nitrogens with one attached hydrogen (secondary N) is 1. The highest BCUT2D eigenvalue weighted by atomic mass is 32.2. The zero-order valence-corrected chi connectivity index (χ0v) is 18.8. The lowest BCUT2D eigenvalue weighted by Crippen LogP contribution is -2.51. The number of hydrogen-bond acceptors (Lipinski definition) is 5. The molecule has 1 atom stereocenters. The molecule has 1 heterocycles. The summed E-state index contributed by atoms with van der Waals surface area (Å²) in [7, 11) is 0. The van der Waals surface area contributed by atoms with Crippen LogP contribution in [-0.2, 0) is 4.79 Å². The van der Waals surface area contributed by atoms with Crippen LogP contribution in [0, 0.1) is 23.0 Å². The summed E-state index contributed by atoms with van der Waals surface area (Å²) in [5.41, 5.74) is -1.18. The maximum Gasteiger partial charge on any atom is 0.266 e. The highest BCUT2D eigenvalue weighted by Crippen LogP contribution is 2.30. The third-order valence-electron chi connectivity index (χ3n) is 5.83. The van der Waals surface area contributed by atoms with Gasteiger partial charge < -0.3 is 5.32 Å². The van der Waals surface area contributed by atoms with Crippen molar-refractivity contribution in [3.8, 4) is 11.8 Å². The number of aromatic nitrogens is 2. The fourth-order valence-electron chi connectivity index (χ4n) is 4.04. The molecule has 4 rings (SSSR count). The Morgan fingerprint density at radius 3 is 2.64 bits per heavy atom. The summed E-state index contributed by atoms with van der Waals surface area (Å²) in [6, 6.07) is 11.8. The molecule has 6 nitrogen and oxygen atoms in total. The van der Waals surface area contributed by atoms with Crippen LogP contribution in [0.2, 0.25) is 0 Å². The summed E-state index contributed by atoms with van der Waals surface area (Å²) in [5.74, 6) is -2.05. The molecule has 0 spiro atoms. The van der Waals surface area contributed by atoms with Gasteiger partial charge in [-0.2, -0.15) is 5.26 Å². The van der Waals surface area contributed by atoms with E-state index in [0.717, 1.165) is 41.7 Å². The summed E-state index contributed by atoms with van der Waals surface area (Å²) in [6.45, 7) is 1.64. The number of fused-ring (bicyclic) bond motifs is 1. The maximum atomic E-state index is 14.6. The molecular formula is C24H22F2N4O2S. The molecule has 1 fully saturated rings. The number of halogens is 2. The van der Waals surface area contributed by atoms with Crippen LogP contribution in [-0.4, -0.2) is 26.2 Å². The van der Waals surface area contributed by atoms with Crippen LogP contribution in [0.1, 0.15) is 39.0 Å². The predicted molar refractivity (Wildman–Crippen MR) is 122 cm³/mol. The summed E-state index contributed by atoms with van der Waals surface area (Å²) in [6.07, 6.45) is 3.94. The molecule has 9 heteroatoms. The van der Waals surface area contributed by atoms with Crippen LogP contribution in [0.3, 0.4) is 0 Å². The van der Waals surface area contributed by atoms with Gasteiger partial charge in [-0.1, -0.05) is 43.2 Å². The number of benzene rings is 2. The summed E-state index contributed by atoms with van der Waals surface area (Å²) in [5, 5.41) is 12.2. The van der Waals surface area contributed by atoms with Gasteiger partial charge in [0.25, 0.3) is 5.56 Å². The lowest BCUT2D eigenvalue weighted by atomic mass is 9.83. The molecule has 1 amide bonds. The minimum atomic E-state index is -0.918. The van der Waals surface area contributed by atoms with E-state index in [4.69, 9.17) is 0 Å². The number of carbonyl (C=O) groups is 1. The molecule has 1 aromatic heterocycles. The standard InChI is InChI=1S/C24H22F2N4O2S/c1-15(21(31)29-24(14-27)11-5-2-6-12-24)33-23-28-19-8-4-3-7-17(19)22(32)30(23)20-10-9-16(25)13-18(20)26/h3-4,7-10,13,15H,2,5-6,11-12H2,1H3,(H,29,31)/t15-/m1/s1. The van der Waals surface area contributed by atoms with Crippen LogP contribution >= 0.6 is 11.8 Å². The Morgan fingerprint density at radius 2 is 1.94 bits per heavy atom. The fraction of sp³-hybridized carbons (Fsp3) is 0.333. The zero-order chi connectivity index (χ0) is 23.6. The van der Waals surface area contributed by atoms with Crippen molar-refractivity contribution >= 4 is 28.6 Å². The molecule has 1 aliphatic rings. The van der Waals surface area contributed by atoms with E-state index in [1.807, 2.05) is 0 Å². The largest absolute Gasteiger partial charge is 0.337 e. The van der Waals surface area contributed by atoms with Gasteiger partial charge in [-0.3, -0.25) is 14.2 Å². The first kappa shape index (κ1) is 22.9. The predicted octanol–water partition coefficient (Wildman–Crippen LogP) is 4.49. The number of rotatable bonds is 5. The van der Waals surface area contributed by atoms with E-state index in [1.165, 1.54) is 6.07 Å². The Balaban J connectivity index is 1.73. The molecule has 33 heavy (non-hydrogen) atoms. The second kappa shape index (κ2) is 9.32. The van der Waals surface area contributed by atoms with Crippen LogP contribution < -0.4 is 10.9 Å². The van der Waals surface area contributed by atoms with Crippen molar-refractivity contribution < 1.29 is 13.6 Å². The van der Waals surface area contributed by atoms with Crippen molar-refractivity contribution in [3.63, 3.8) is 0 Å². The summed E-state index contributed by atoms with van der Waals surface area (Å²) < 4.78 is 29.2. The van der Waals surface area contributed by atoms with E-state index in [0.29, 0.717) is 24.4 Å². The van der Waals surface area contributed by atoms with Crippen LogP contribution in [0.15, 0.2) is 52.4 Å². The Hall–Kier alpha value is -3.25. The average Bonchev–Trinajstić information content (AvgIpc) is 2.81. The van der Waals surface area contributed by atoms with E-state index in [1.54, 1.807) is 31.2 Å². The summed E-state index contributed by atoms with van der Waals surface area (Å²) >= 11 is 0.983. The van der Waals surface area contributed by atoms with E-state index in [-0.39, 0.29) is 22.1 Å². The minimum Gasteiger partial charge on any atom is -0.337 e. The van der Waals surface area contributed by atoms with Gasteiger partial charge in [0.15, 0.2) is 5.16 Å². The van der Waals surface area contributed by atoms with E-state index < -0.39 is 28.0 Å². The van der Waals surface area contributed by atoms with Crippen molar-refractivity contribution in [3.05, 3.63) is 64.5 Å². The maximum absolute atomic E-state index is 14.6. The number of nitriles is 1. The number of para-hydroxylation sites is 1. The third kappa shape index (κ3) is 4.62. The molecule has 0 saturated heterocycles. The Kier molecular flexibility index (Phi) is 6.47. The second-order valence-corrected chi connectivity index (χ2v) is 9.46. The first-order chi connectivity index (χ1) is 15.8. The molecule has 1 N–H and O–H groups in total. The number of amides is 1. The van der Waals surface area contributed by atoms with Gasteiger partial charge in [0.2, 0.25) is 5.91 Å². The Bertz CT molecular complexity index is 1310. The van der Waals surface area contributed by atoms with Crippen molar-refractivity contribution in [1.29, 1.82) is 5.26 Å². The van der Waals surface area contributed by atoms with Gasteiger partial charge in [-0.05, 0) is 44.0 Å².